The summed E-state index contributed by atoms with van der Waals surface area (Å²) in [5.41, 5.74) is 1.16. The van der Waals surface area contributed by atoms with E-state index in [-0.39, 0.29) is 5.82 Å². The zero-order valence-corrected chi connectivity index (χ0v) is 13.7. The summed E-state index contributed by atoms with van der Waals surface area (Å²) in [5.74, 6) is 0.186. The van der Waals surface area contributed by atoms with Crippen LogP contribution < -0.4 is 10.6 Å². The van der Waals surface area contributed by atoms with Crippen molar-refractivity contribution in [2.45, 2.75) is 0 Å². The van der Waals surface area contributed by atoms with Crippen molar-refractivity contribution in [3.63, 3.8) is 0 Å². The topological polar surface area (TPSA) is 39.7 Å². The summed E-state index contributed by atoms with van der Waals surface area (Å²) in [4.78, 5) is 6.14. The van der Waals surface area contributed by atoms with Crippen molar-refractivity contribution < 1.29 is 4.39 Å². The molecule has 0 radical (unpaired) electrons. The van der Waals surface area contributed by atoms with Crippen LogP contribution in [0.3, 0.4) is 0 Å². The Labute approximate surface area is 144 Å². The molecule has 7 heteroatoms. The van der Waals surface area contributed by atoms with Crippen LogP contribution in [0.4, 0.5) is 15.8 Å². The number of aliphatic imine (C=N–C) groups is 1. The van der Waals surface area contributed by atoms with Crippen LogP contribution in [0.5, 0.6) is 0 Å². The fraction of sp³-hybridized carbons (Fsp3) is 0.125. The number of hydrogen-bond donors (Lipinski definition) is 2. The van der Waals surface area contributed by atoms with Gasteiger partial charge in [-0.25, -0.2) is 4.39 Å². The molecular weight excluding hydrogens is 335 g/mol. The molecule has 0 atom stereocenters. The Morgan fingerprint density at radius 2 is 2.04 bits per heavy atom. The molecule has 2 aromatic rings. The Hall–Kier alpha value is -2.18. The van der Waals surface area contributed by atoms with Gasteiger partial charge in [0.1, 0.15) is 5.82 Å². The molecule has 118 valence electrons. The minimum Gasteiger partial charge on any atom is -0.332 e. The quantitative estimate of drug-likeness (QED) is 0.806. The van der Waals surface area contributed by atoms with E-state index in [9.17, 15) is 4.39 Å². The maximum absolute atomic E-state index is 13.8. The van der Waals surface area contributed by atoms with Crippen LogP contribution in [-0.4, -0.2) is 29.1 Å². The smallest absolute Gasteiger partial charge is 0.205 e. The standard InChI is InChI=1S/C16H14ClFN4S/c17-11-4-3-5-12(10-11)20-16(23)22-9-8-19-15(22)21-14-7-2-1-6-13(14)18/h1-7,10H,8-9H2,(H,19,21)(H,20,23). The molecule has 0 spiro atoms. The van der Waals surface area contributed by atoms with Gasteiger partial charge in [0.25, 0.3) is 0 Å². The van der Waals surface area contributed by atoms with Gasteiger partial charge >= 0.3 is 0 Å². The van der Waals surface area contributed by atoms with Crippen LogP contribution >= 0.6 is 23.8 Å². The minimum absolute atomic E-state index is 0.337. The summed E-state index contributed by atoms with van der Waals surface area (Å²) in [5, 5.41) is 7.20. The Morgan fingerprint density at radius 1 is 1.22 bits per heavy atom. The molecular formula is C16H14ClFN4S. The number of thiocarbonyl (C=S) groups is 1. The largest absolute Gasteiger partial charge is 0.332 e. The number of halogens is 2. The zero-order chi connectivity index (χ0) is 16.2. The molecule has 2 aromatic carbocycles. The molecule has 3 rings (SSSR count). The number of nitrogens with one attached hydrogen (secondary N) is 2. The molecule has 0 bridgehead atoms. The van der Waals surface area contributed by atoms with Crippen molar-refractivity contribution >= 4 is 46.3 Å². The minimum atomic E-state index is -0.337. The fourth-order valence-electron chi connectivity index (χ4n) is 2.19. The number of hydrogen-bond acceptors (Lipinski definition) is 3. The van der Waals surface area contributed by atoms with Crippen LogP contribution in [0.1, 0.15) is 0 Å². The van der Waals surface area contributed by atoms with E-state index in [1.165, 1.54) is 6.07 Å². The first kappa shape index (κ1) is 15.7. The van der Waals surface area contributed by atoms with Crippen molar-refractivity contribution in [1.82, 2.24) is 4.90 Å². The number of para-hydroxylation sites is 1. The molecule has 0 amide bonds. The van der Waals surface area contributed by atoms with Gasteiger partial charge in [-0.2, -0.15) is 0 Å². The van der Waals surface area contributed by atoms with Gasteiger partial charge < -0.3 is 10.6 Å². The lowest BCUT2D eigenvalue weighted by Crippen LogP contribution is -2.41. The average molecular weight is 349 g/mol. The van der Waals surface area contributed by atoms with E-state index in [1.807, 2.05) is 12.1 Å². The summed E-state index contributed by atoms with van der Waals surface area (Å²) in [6.07, 6.45) is 0. The second-order valence-electron chi connectivity index (χ2n) is 4.90. The van der Waals surface area contributed by atoms with Crippen LogP contribution in [0.25, 0.3) is 0 Å². The first-order chi connectivity index (χ1) is 11.1. The summed E-state index contributed by atoms with van der Waals surface area (Å²) < 4.78 is 13.8. The third-order valence-corrected chi connectivity index (χ3v) is 3.84. The molecule has 1 heterocycles. The Bertz CT molecular complexity index is 765. The van der Waals surface area contributed by atoms with Gasteiger partial charge in [-0.05, 0) is 42.5 Å². The molecule has 0 saturated carbocycles. The van der Waals surface area contributed by atoms with E-state index in [1.54, 1.807) is 35.2 Å². The van der Waals surface area contributed by atoms with E-state index in [0.29, 0.717) is 34.9 Å². The van der Waals surface area contributed by atoms with E-state index >= 15 is 0 Å². The third-order valence-electron chi connectivity index (χ3n) is 3.28. The second kappa shape index (κ2) is 6.93. The summed E-state index contributed by atoms with van der Waals surface area (Å²) in [6.45, 7) is 1.22. The number of rotatable bonds is 2. The second-order valence-corrected chi connectivity index (χ2v) is 5.73. The average Bonchev–Trinajstić information content (AvgIpc) is 2.98. The van der Waals surface area contributed by atoms with Crippen molar-refractivity contribution in [3.8, 4) is 0 Å². The highest BCUT2D eigenvalue weighted by Crippen LogP contribution is 2.18. The molecule has 4 nitrogen and oxygen atoms in total. The molecule has 0 saturated heterocycles. The maximum atomic E-state index is 13.8. The summed E-state index contributed by atoms with van der Waals surface area (Å²) in [7, 11) is 0. The Morgan fingerprint density at radius 3 is 2.83 bits per heavy atom. The van der Waals surface area contributed by atoms with Gasteiger partial charge in [0.2, 0.25) is 5.96 Å². The lowest BCUT2D eigenvalue weighted by atomic mass is 10.3. The van der Waals surface area contributed by atoms with Gasteiger partial charge in [0.15, 0.2) is 5.11 Å². The number of nitrogens with zero attached hydrogens (tertiary/aromatic N) is 2. The van der Waals surface area contributed by atoms with Crippen molar-refractivity contribution in [1.29, 1.82) is 0 Å². The monoisotopic (exact) mass is 348 g/mol. The van der Waals surface area contributed by atoms with Crippen LogP contribution in [0.15, 0.2) is 53.5 Å². The van der Waals surface area contributed by atoms with Crippen molar-refractivity contribution in [3.05, 3.63) is 59.4 Å². The first-order valence-electron chi connectivity index (χ1n) is 7.03. The van der Waals surface area contributed by atoms with Gasteiger partial charge in [-0.3, -0.25) is 9.89 Å². The zero-order valence-electron chi connectivity index (χ0n) is 12.1. The molecule has 1 aliphatic heterocycles. The maximum Gasteiger partial charge on any atom is 0.205 e. The van der Waals surface area contributed by atoms with Gasteiger partial charge in [-0.15, -0.1) is 0 Å². The van der Waals surface area contributed by atoms with Crippen molar-refractivity contribution in [2.24, 2.45) is 4.99 Å². The highest BCUT2D eigenvalue weighted by Gasteiger charge is 2.22. The molecule has 0 aromatic heterocycles. The third kappa shape index (κ3) is 3.78. The van der Waals surface area contributed by atoms with Gasteiger partial charge in [0.05, 0.1) is 12.2 Å². The predicted octanol–water partition coefficient (Wildman–Crippen LogP) is 3.96. The lowest BCUT2D eigenvalue weighted by molar-refractivity contribution is 0.630. The van der Waals surface area contributed by atoms with Crippen LogP contribution in [0, 0.1) is 5.82 Å². The number of anilines is 2. The van der Waals surface area contributed by atoms with E-state index in [4.69, 9.17) is 23.8 Å². The Kier molecular flexibility index (Phi) is 4.73. The van der Waals surface area contributed by atoms with E-state index in [0.717, 1.165) is 5.69 Å². The normalized spacial score (nSPS) is 13.7. The lowest BCUT2D eigenvalue weighted by Gasteiger charge is -2.22. The molecule has 23 heavy (non-hydrogen) atoms. The summed E-state index contributed by atoms with van der Waals surface area (Å²) in [6, 6.07) is 13.7. The van der Waals surface area contributed by atoms with Crippen molar-refractivity contribution in [2.75, 3.05) is 23.7 Å². The molecule has 0 aliphatic carbocycles. The molecule has 0 fully saturated rings. The van der Waals surface area contributed by atoms with Gasteiger partial charge in [0, 0.05) is 17.3 Å². The predicted molar refractivity (Wildman–Crippen MR) is 96.7 cm³/mol. The van der Waals surface area contributed by atoms with E-state index < -0.39 is 0 Å². The number of guanidine groups is 1. The number of benzene rings is 2. The summed E-state index contributed by atoms with van der Waals surface area (Å²) >= 11 is 11.4. The Balaban J connectivity index is 1.71. The first-order valence-corrected chi connectivity index (χ1v) is 7.82. The molecule has 2 N–H and O–H groups in total. The fourth-order valence-corrected chi connectivity index (χ4v) is 2.68. The highest BCUT2D eigenvalue weighted by molar-refractivity contribution is 7.80. The van der Waals surface area contributed by atoms with Crippen LogP contribution in [0.2, 0.25) is 5.02 Å². The van der Waals surface area contributed by atoms with Crippen LogP contribution in [-0.2, 0) is 0 Å². The highest BCUT2D eigenvalue weighted by atomic mass is 35.5. The molecule has 0 unspecified atom stereocenters. The molecule has 1 aliphatic rings. The van der Waals surface area contributed by atoms with Gasteiger partial charge in [-0.1, -0.05) is 29.8 Å². The van der Waals surface area contributed by atoms with E-state index in [2.05, 4.69) is 15.6 Å². The SMILES string of the molecule is Fc1ccccc1NC1=NCCN1C(=S)Nc1cccc(Cl)c1.